The Morgan fingerprint density at radius 3 is 3.12 bits per heavy atom. The molecule has 0 amide bonds. The van der Waals surface area contributed by atoms with E-state index in [0.29, 0.717) is 11.9 Å². The van der Waals surface area contributed by atoms with E-state index in [1.807, 2.05) is 6.07 Å². The average Bonchev–Trinajstić information content (AvgIpc) is 2.38. The molecule has 0 aliphatic carbocycles. The number of aromatic nitrogens is 2. The molecule has 0 bridgehead atoms. The van der Waals surface area contributed by atoms with Gasteiger partial charge in [-0.05, 0) is 26.4 Å². The highest BCUT2D eigenvalue weighted by Crippen LogP contribution is 2.16. The quantitative estimate of drug-likeness (QED) is 0.856. The molecular formula is C12H20N4O. The predicted molar refractivity (Wildman–Crippen MR) is 67.3 cm³/mol. The van der Waals surface area contributed by atoms with Crippen molar-refractivity contribution < 1.29 is 4.74 Å². The van der Waals surface area contributed by atoms with Gasteiger partial charge >= 0.3 is 0 Å². The molecule has 0 spiro atoms. The second-order valence-corrected chi connectivity index (χ2v) is 4.46. The first-order valence-corrected chi connectivity index (χ1v) is 6.10. The van der Waals surface area contributed by atoms with Crippen LogP contribution in [0.3, 0.4) is 0 Å². The van der Waals surface area contributed by atoms with Crippen molar-refractivity contribution in [2.75, 3.05) is 32.6 Å². The fourth-order valence-corrected chi connectivity index (χ4v) is 2.17. The van der Waals surface area contributed by atoms with E-state index in [1.165, 1.54) is 32.1 Å². The topological polar surface area (TPSA) is 50.3 Å². The minimum absolute atomic E-state index is 0.597. The molecule has 94 valence electrons. The summed E-state index contributed by atoms with van der Waals surface area (Å²) in [6.45, 7) is 2.12. The molecule has 2 rings (SSSR count). The van der Waals surface area contributed by atoms with Gasteiger partial charge in [-0.3, -0.25) is 0 Å². The summed E-state index contributed by atoms with van der Waals surface area (Å²) in [6.07, 6.45) is 5.41. The largest absolute Gasteiger partial charge is 0.481 e. The number of hydrogen-bond donors (Lipinski definition) is 1. The molecule has 17 heavy (non-hydrogen) atoms. The van der Waals surface area contributed by atoms with Crippen LogP contribution in [0.15, 0.2) is 12.4 Å². The minimum Gasteiger partial charge on any atom is -0.481 e. The fraction of sp³-hybridized carbons (Fsp3) is 0.667. The summed E-state index contributed by atoms with van der Waals surface area (Å²) in [5.41, 5.74) is 0. The van der Waals surface area contributed by atoms with E-state index < -0.39 is 0 Å². The first kappa shape index (κ1) is 12.1. The second kappa shape index (κ2) is 5.82. The minimum atomic E-state index is 0.597. The highest BCUT2D eigenvalue weighted by atomic mass is 16.5. The maximum atomic E-state index is 5.07. The molecule has 0 saturated carbocycles. The number of likely N-dealkylation sites (N-methyl/N-ethyl adjacent to an activating group) is 1. The Hall–Kier alpha value is -1.36. The molecule has 1 unspecified atom stereocenters. The second-order valence-electron chi connectivity index (χ2n) is 4.46. The van der Waals surface area contributed by atoms with Gasteiger partial charge in [-0.1, -0.05) is 6.42 Å². The van der Waals surface area contributed by atoms with E-state index >= 15 is 0 Å². The Balaban J connectivity index is 1.88. The normalized spacial score (nSPS) is 21.2. The standard InChI is InChI=1S/C12H20N4O/c1-16-6-4-3-5-10(16)8-13-11-7-12(17-2)15-9-14-11/h7,9-10H,3-6,8H2,1-2H3,(H,13,14,15). The number of rotatable bonds is 4. The number of likely N-dealkylation sites (tertiary alicyclic amines) is 1. The molecule has 1 N–H and O–H groups in total. The molecule has 5 nitrogen and oxygen atoms in total. The number of anilines is 1. The van der Waals surface area contributed by atoms with Gasteiger partial charge in [0, 0.05) is 18.7 Å². The third kappa shape index (κ3) is 3.30. The highest BCUT2D eigenvalue weighted by Gasteiger charge is 2.18. The van der Waals surface area contributed by atoms with Crippen LogP contribution in [0.4, 0.5) is 5.82 Å². The van der Waals surface area contributed by atoms with Crippen LogP contribution in [0.25, 0.3) is 0 Å². The van der Waals surface area contributed by atoms with Crippen LogP contribution in [0, 0.1) is 0 Å². The van der Waals surface area contributed by atoms with E-state index in [1.54, 1.807) is 7.11 Å². The van der Waals surface area contributed by atoms with Crippen molar-refractivity contribution >= 4 is 5.82 Å². The van der Waals surface area contributed by atoms with E-state index in [9.17, 15) is 0 Å². The van der Waals surface area contributed by atoms with Crippen LogP contribution in [0.1, 0.15) is 19.3 Å². The lowest BCUT2D eigenvalue weighted by Gasteiger charge is -2.32. The monoisotopic (exact) mass is 236 g/mol. The summed E-state index contributed by atoms with van der Waals surface area (Å²) in [4.78, 5) is 10.6. The number of hydrogen-bond acceptors (Lipinski definition) is 5. The van der Waals surface area contributed by atoms with Crippen LogP contribution in [-0.2, 0) is 0 Å². The van der Waals surface area contributed by atoms with Gasteiger partial charge in [0.15, 0.2) is 0 Å². The summed E-state index contributed by atoms with van der Waals surface area (Å²) >= 11 is 0. The van der Waals surface area contributed by atoms with Crippen LogP contribution in [0.2, 0.25) is 0 Å². The van der Waals surface area contributed by atoms with Gasteiger partial charge in [0.05, 0.1) is 7.11 Å². The van der Waals surface area contributed by atoms with Crippen molar-refractivity contribution in [1.29, 1.82) is 0 Å². The summed E-state index contributed by atoms with van der Waals surface area (Å²) in [5.74, 6) is 1.43. The van der Waals surface area contributed by atoms with Crippen LogP contribution >= 0.6 is 0 Å². The maximum absolute atomic E-state index is 5.07. The molecule has 0 radical (unpaired) electrons. The summed E-state index contributed by atoms with van der Waals surface area (Å²) < 4.78 is 5.07. The maximum Gasteiger partial charge on any atom is 0.218 e. The lowest BCUT2D eigenvalue weighted by molar-refractivity contribution is 0.194. The van der Waals surface area contributed by atoms with E-state index in [0.717, 1.165) is 12.4 Å². The van der Waals surface area contributed by atoms with Crippen LogP contribution in [-0.4, -0.2) is 48.2 Å². The molecule has 2 heterocycles. The van der Waals surface area contributed by atoms with Gasteiger partial charge < -0.3 is 15.0 Å². The van der Waals surface area contributed by atoms with Gasteiger partial charge in [-0.15, -0.1) is 0 Å². The Kier molecular flexibility index (Phi) is 4.14. The van der Waals surface area contributed by atoms with Crippen molar-refractivity contribution in [2.45, 2.75) is 25.3 Å². The number of nitrogens with zero attached hydrogens (tertiary/aromatic N) is 3. The van der Waals surface area contributed by atoms with E-state index in [-0.39, 0.29) is 0 Å². The zero-order chi connectivity index (χ0) is 12.1. The molecule has 1 fully saturated rings. The van der Waals surface area contributed by atoms with Crippen molar-refractivity contribution in [3.63, 3.8) is 0 Å². The third-order valence-corrected chi connectivity index (χ3v) is 3.29. The van der Waals surface area contributed by atoms with Crippen molar-refractivity contribution in [2.24, 2.45) is 0 Å². The molecule has 1 aliphatic heterocycles. The zero-order valence-electron chi connectivity index (χ0n) is 10.5. The van der Waals surface area contributed by atoms with Crippen LogP contribution < -0.4 is 10.1 Å². The van der Waals surface area contributed by atoms with Crippen molar-refractivity contribution in [1.82, 2.24) is 14.9 Å². The molecule has 1 aromatic rings. The molecule has 1 atom stereocenters. The third-order valence-electron chi connectivity index (χ3n) is 3.29. The summed E-state index contributed by atoms with van der Waals surface area (Å²) in [5, 5.41) is 3.35. The Bertz CT molecular complexity index is 358. The molecular weight excluding hydrogens is 216 g/mol. The summed E-state index contributed by atoms with van der Waals surface area (Å²) in [6, 6.07) is 2.42. The van der Waals surface area contributed by atoms with Gasteiger partial charge in [-0.2, -0.15) is 0 Å². The SMILES string of the molecule is COc1cc(NCC2CCCCN2C)ncn1. The Labute approximate surface area is 102 Å². The van der Waals surface area contributed by atoms with E-state index in [4.69, 9.17) is 4.74 Å². The molecule has 1 aromatic heterocycles. The number of ether oxygens (including phenoxy) is 1. The smallest absolute Gasteiger partial charge is 0.218 e. The number of nitrogens with one attached hydrogen (secondary N) is 1. The molecule has 0 aromatic carbocycles. The molecule has 5 heteroatoms. The van der Waals surface area contributed by atoms with Crippen LogP contribution in [0.5, 0.6) is 5.88 Å². The Morgan fingerprint density at radius 1 is 1.47 bits per heavy atom. The first-order chi connectivity index (χ1) is 8.29. The molecule has 1 aliphatic rings. The van der Waals surface area contributed by atoms with Crippen molar-refractivity contribution in [3.8, 4) is 5.88 Å². The summed E-state index contributed by atoms with van der Waals surface area (Å²) in [7, 11) is 3.80. The predicted octanol–water partition coefficient (Wildman–Crippen LogP) is 1.38. The van der Waals surface area contributed by atoms with Gasteiger partial charge in [0.1, 0.15) is 12.1 Å². The van der Waals surface area contributed by atoms with E-state index in [2.05, 4.69) is 27.2 Å². The van der Waals surface area contributed by atoms with Gasteiger partial charge in [0.25, 0.3) is 0 Å². The fourth-order valence-electron chi connectivity index (χ4n) is 2.17. The first-order valence-electron chi connectivity index (χ1n) is 6.10. The zero-order valence-corrected chi connectivity index (χ0v) is 10.5. The molecule has 1 saturated heterocycles. The lowest BCUT2D eigenvalue weighted by atomic mass is 10.0. The van der Waals surface area contributed by atoms with Gasteiger partial charge in [-0.25, -0.2) is 9.97 Å². The number of piperidine rings is 1. The Morgan fingerprint density at radius 2 is 2.35 bits per heavy atom. The number of methoxy groups -OCH3 is 1. The lowest BCUT2D eigenvalue weighted by Crippen LogP contribution is -2.40. The van der Waals surface area contributed by atoms with Crippen molar-refractivity contribution in [3.05, 3.63) is 12.4 Å². The van der Waals surface area contributed by atoms with Gasteiger partial charge in [0.2, 0.25) is 5.88 Å². The average molecular weight is 236 g/mol. The highest BCUT2D eigenvalue weighted by molar-refractivity contribution is 5.37.